The van der Waals surface area contributed by atoms with E-state index in [2.05, 4.69) is 161 Å². The summed E-state index contributed by atoms with van der Waals surface area (Å²) in [6.07, 6.45) is 6.26. The highest BCUT2D eigenvalue weighted by Gasteiger charge is 2.34. The Morgan fingerprint density at radius 2 is 1.22 bits per heavy atom. The molecule has 2 aliphatic carbocycles. The van der Waals surface area contributed by atoms with E-state index in [1.807, 2.05) is 6.20 Å². The number of aromatic nitrogens is 3. The van der Waals surface area contributed by atoms with Crippen molar-refractivity contribution in [2.45, 2.75) is 18.8 Å². The first-order chi connectivity index (χ1) is 25.3. The second kappa shape index (κ2) is 10.1. The van der Waals surface area contributed by atoms with Crippen molar-refractivity contribution in [2.24, 2.45) is 0 Å². The highest BCUT2D eigenvalue weighted by molar-refractivity contribution is 6.20. The topological polar surface area (TPSA) is 22.8 Å². The Labute approximate surface area is 294 Å². The Morgan fingerprint density at radius 3 is 2.08 bits per heavy atom. The molecule has 0 saturated carbocycles. The van der Waals surface area contributed by atoms with Crippen LogP contribution in [0.3, 0.4) is 0 Å². The predicted octanol–water partition coefficient (Wildman–Crippen LogP) is 12.2. The molecule has 7 aromatic carbocycles. The largest absolute Gasteiger partial charge is 0.308 e. The fourth-order valence-corrected chi connectivity index (χ4v) is 9.70. The SMILES string of the molecule is c1ccc(-n2c3ccccc3c3c(-n4c5ccccc5c5cc6c7c(c54)-c4cc5ccccc5cc4C(CC7)c4ccccc4-6)cncc32)cc1. The third-order valence-electron chi connectivity index (χ3n) is 11.8. The highest BCUT2D eigenvalue weighted by Crippen LogP contribution is 2.55. The average Bonchev–Trinajstić information content (AvgIpc) is 3.58. The lowest BCUT2D eigenvalue weighted by atomic mass is 9.79. The minimum absolute atomic E-state index is 0.326. The zero-order valence-electron chi connectivity index (χ0n) is 27.8. The normalized spacial score (nSPS) is 14.7. The van der Waals surface area contributed by atoms with Crippen LogP contribution in [0, 0.1) is 0 Å². The van der Waals surface area contributed by atoms with Crippen molar-refractivity contribution >= 4 is 54.4 Å². The lowest BCUT2D eigenvalue weighted by Crippen LogP contribution is -2.06. The van der Waals surface area contributed by atoms with Gasteiger partial charge in [0.1, 0.15) is 0 Å². The summed E-state index contributed by atoms with van der Waals surface area (Å²) in [7, 11) is 0. The Balaban J connectivity index is 1.31. The first-order valence-electron chi connectivity index (χ1n) is 18.0. The fraction of sp³-hybridized carbons (Fsp3) is 0.0625. The number of pyridine rings is 1. The molecule has 0 N–H and O–H groups in total. The van der Waals surface area contributed by atoms with Crippen molar-refractivity contribution in [3.8, 4) is 33.6 Å². The van der Waals surface area contributed by atoms with Gasteiger partial charge in [0.15, 0.2) is 0 Å². The van der Waals surface area contributed by atoms with E-state index in [-0.39, 0.29) is 0 Å². The quantitative estimate of drug-likeness (QED) is 0.183. The summed E-state index contributed by atoms with van der Waals surface area (Å²) < 4.78 is 4.92. The number of benzene rings is 7. The van der Waals surface area contributed by atoms with Gasteiger partial charge in [-0.15, -0.1) is 0 Å². The molecule has 2 aliphatic rings. The van der Waals surface area contributed by atoms with Gasteiger partial charge in [0.05, 0.1) is 40.1 Å². The average molecular weight is 650 g/mol. The molecule has 1 unspecified atom stereocenters. The molecule has 1 atom stereocenters. The van der Waals surface area contributed by atoms with Gasteiger partial charge >= 0.3 is 0 Å². The van der Waals surface area contributed by atoms with Crippen LogP contribution < -0.4 is 0 Å². The number of rotatable bonds is 2. The van der Waals surface area contributed by atoms with Crippen LogP contribution in [-0.2, 0) is 6.42 Å². The third kappa shape index (κ3) is 3.60. The van der Waals surface area contributed by atoms with Gasteiger partial charge in [-0.3, -0.25) is 4.98 Å². The van der Waals surface area contributed by atoms with Crippen molar-refractivity contribution in [1.29, 1.82) is 0 Å². The van der Waals surface area contributed by atoms with Gasteiger partial charge in [0.2, 0.25) is 0 Å². The maximum atomic E-state index is 5.01. The molecule has 3 nitrogen and oxygen atoms in total. The van der Waals surface area contributed by atoms with Crippen molar-refractivity contribution < 1.29 is 0 Å². The van der Waals surface area contributed by atoms with Crippen LogP contribution in [0.2, 0.25) is 0 Å². The van der Waals surface area contributed by atoms with E-state index in [0.717, 1.165) is 29.7 Å². The molecule has 0 amide bonds. The van der Waals surface area contributed by atoms with Crippen molar-refractivity contribution in [3.05, 3.63) is 175 Å². The number of fused-ring (bicyclic) bond motifs is 16. The fourth-order valence-electron chi connectivity index (χ4n) is 9.70. The lowest BCUT2D eigenvalue weighted by molar-refractivity contribution is 0.737. The van der Waals surface area contributed by atoms with E-state index in [1.54, 1.807) is 0 Å². The van der Waals surface area contributed by atoms with Crippen LogP contribution >= 0.6 is 0 Å². The van der Waals surface area contributed by atoms with E-state index < -0.39 is 0 Å². The molecule has 10 aromatic rings. The second-order valence-electron chi connectivity index (χ2n) is 14.2. The minimum Gasteiger partial charge on any atom is -0.308 e. The molecule has 0 aliphatic heterocycles. The highest BCUT2D eigenvalue weighted by atomic mass is 15.0. The number of para-hydroxylation sites is 3. The molecule has 0 saturated heterocycles. The molecule has 0 fully saturated rings. The number of hydrogen-bond donors (Lipinski definition) is 0. The van der Waals surface area contributed by atoms with Crippen LogP contribution in [-0.4, -0.2) is 14.1 Å². The molecule has 51 heavy (non-hydrogen) atoms. The van der Waals surface area contributed by atoms with Crippen LogP contribution in [0.5, 0.6) is 0 Å². The van der Waals surface area contributed by atoms with Crippen LogP contribution in [0.1, 0.15) is 29.0 Å². The van der Waals surface area contributed by atoms with Crippen molar-refractivity contribution in [2.75, 3.05) is 0 Å². The summed E-state index contributed by atoms with van der Waals surface area (Å²) in [4.78, 5) is 5.01. The summed E-state index contributed by atoms with van der Waals surface area (Å²) in [5.41, 5.74) is 16.9. The zero-order chi connectivity index (χ0) is 33.2. The van der Waals surface area contributed by atoms with Gasteiger partial charge in [-0.25, -0.2) is 0 Å². The summed E-state index contributed by atoms with van der Waals surface area (Å²) in [6, 6.07) is 54.0. The van der Waals surface area contributed by atoms with Gasteiger partial charge in [-0.2, -0.15) is 0 Å². The standard InChI is InChI=1S/C48H31N3/c1-2-14-31(15-3-1)50-43-21-11-9-19-37(43)47-44(50)27-49-28-45(47)51-42-20-10-8-18-35(42)41-26-39-33-17-7-6-16-32(33)34-22-23-36(39)46(48(41)51)40-25-30-13-5-4-12-29(30)24-38(34)40/h1-21,24-28,34H,22-23H2. The van der Waals surface area contributed by atoms with E-state index >= 15 is 0 Å². The van der Waals surface area contributed by atoms with E-state index in [0.29, 0.717) is 5.92 Å². The molecule has 2 bridgehead atoms. The Hall–Kier alpha value is -6.45. The maximum absolute atomic E-state index is 5.01. The Bertz CT molecular complexity index is 3090. The molecular weight excluding hydrogens is 619 g/mol. The van der Waals surface area contributed by atoms with Crippen LogP contribution in [0.15, 0.2) is 158 Å². The molecular formula is C48H31N3. The maximum Gasteiger partial charge on any atom is 0.0746 e. The second-order valence-corrected chi connectivity index (χ2v) is 14.2. The van der Waals surface area contributed by atoms with Gasteiger partial charge in [0, 0.05) is 38.7 Å². The lowest BCUT2D eigenvalue weighted by Gasteiger charge is -2.25. The van der Waals surface area contributed by atoms with Crippen molar-refractivity contribution in [1.82, 2.24) is 14.1 Å². The molecule has 0 radical (unpaired) electrons. The predicted molar refractivity (Wildman–Crippen MR) is 211 cm³/mol. The number of nitrogens with zero attached hydrogens (tertiary/aromatic N) is 3. The van der Waals surface area contributed by atoms with E-state index in [1.165, 1.54) is 87.8 Å². The third-order valence-corrected chi connectivity index (χ3v) is 11.8. The first-order valence-corrected chi connectivity index (χ1v) is 18.0. The van der Waals surface area contributed by atoms with E-state index in [9.17, 15) is 0 Å². The summed E-state index contributed by atoms with van der Waals surface area (Å²) >= 11 is 0. The Morgan fingerprint density at radius 1 is 0.510 bits per heavy atom. The molecule has 3 heterocycles. The van der Waals surface area contributed by atoms with Crippen molar-refractivity contribution in [3.63, 3.8) is 0 Å². The molecule has 12 rings (SSSR count). The minimum atomic E-state index is 0.326. The molecule has 3 heteroatoms. The molecule has 238 valence electrons. The molecule has 0 spiro atoms. The summed E-state index contributed by atoms with van der Waals surface area (Å²) in [5, 5.41) is 7.58. The van der Waals surface area contributed by atoms with Gasteiger partial charge in [0.25, 0.3) is 0 Å². The Kier molecular flexibility index (Phi) is 5.40. The smallest absolute Gasteiger partial charge is 0.0746 e. The number of hydrogen-bond acceptors (Lipinski definition) is 1. The zero-order valence-corrected chi connectivity index (χ0v) is 27.8. The summed E-state index contributed by atoms with van der Waals surface area (Å²) in [5.74, 6) is 0.326. The molecule has 3 aromatic heterocycles. The summed E-state index contributed by atoms with van der Waals surface area (Å²) in [6.45, 7) is 0. The van der Waals surface area contributed by atoms with Gasteiger partial charge in [-0.1, -0.05) is 103 Å². The van der Waals surface area contributed by atoms with Gasteiger partial charge < -0.3 is 9.13 Å². The van der Waals surface area contributed by atoms with Crippen LogP contribution in [0.4, 0.5) is 0 Å². The van der Waals surface area contributed by atoms with Gasteiger partial charge in [-0.05, 0) is 99.5 Å². The van der Waals surface area contributed by atoms with Crippen LogP contribution in [0.25, 0.3) is 88.0 Å². The first kappa shape index (κ1) is 27.4. The monoisotopic (exact) mass is 649 g/mol. The van der Waals surface area contributed by atoms with E-state index in [4.69, 9.17) is 4.98 Å².